The molecule has 0 saturated heterocycles. The third-order valence-corrected chi connectivity index (χ3v) is 3.26. The number of nitrogens with zero attached hydrogens (tertiary/aromatic N) is 1. The molecule has 0 radical (unpaired) electrons. The summed E-state index contributed by atoms with van der Waals surface area (Å²) in [5, 5.41) is 2.94. The lowest BCUT2D eigenvalue weighted by Gasteiger charge is -2.15. The first-order chi connectivity index (χ1) is 9.21. The molecule has 1 unspecified atom stereocenters. The molecule has 0 bridgehead atoms. The van der Waals surface area contributed by atoms with Crippen LogP contribution in [0.25, 0.3) is 0 Å². The predicted molar refractivity (Wildman–Crippen MR) is 77.7 cm³/mol. The largest absolute Gasteiger partial charge is 0.350 e. The Hall–Kier alpha value is -1.62. The van der Waals surface area contributed by atoms with Crippen LogP contribution in [0.4, 0.5) is 5.69 Å². The second-order valence-corrected chi connectivity index (χ2v) is 4.70. The SMILES string of the molecule is CCCCC(CC)CNC(=O)c1ccc(NN)cn1. The molecule has 1 amide bonds. The van der Waals surface area contributed by atoms with Gasteiger partial charge in [0.05, 0.1) is 11.9 Å². The number of carbonyl (C=O) groups excluding carboxylic acids is 1. The number of nitrogen functional groups attached to an aromatic ring is 1. The molecule has 0 saturated carbocycles. The molecule has 1 aromatic heterocycles. The Morgan fingerprint density at radius 1 is 1.42 bits per heavy atom. The summed E-state index contributed by atoms with van der Waals surface area (Å²) in [6.07, 6.45) is 6.20. The van der Waals surface area contributed by atoms with Gasteiger partial charge in [0.25, 0.3) is 5.91 Å². The molecule has 1 atom stereocenters. The smallest absolute Gasteiger partial charge is 0.269 e. The summed E-state index contributed by atoms with van der Waals surface area (Å²) >= 11 is 0. The Morgan fingerprint density at radius 3 is 2.74 bits per heavy atom. The van der Waals surface area contributed by atoms with Crippen molar-refractivity contribution in [1.29, 1.82) is 0 Å². The standard InChI is InChI=1S/C14H24N4O/c1-3-5-6-11(4-2)9-17-14(19)13-8-7-12(18-15)10-16-13/h7-8,10-11,18H,3-6,9,15H2,1-2H3,(H,17,19). The summed E-state index contributed by atoms with van der Waals surface area (Å²) in [6.45, 7) is 5.06. The minimum atomic E-state index is -0.126. The van der Waals surface area contributed by atoms with Crippen molar-refractivity contribution in [3.8, 4) is 0 Å². The van der Waals surface area contributed by atoms with Gasteiger partial charge in [-0.15, -0.1) is 0 Å². The van der Waals surface area contributed by atoms with Crippen molar-refractivity contribution in [3.05, 3.63) is 24.0 Å². The Balaban J connectivity index is 2.44. The lowest BCUT2D eigenvalue weighted by Crippen LogP contribution is -2.29. The fourth-order valence-electron chi connectivity index (χ4n) is 1.88. The molecule has 1 aromatic rings. The van der Waals surface area contributed by atoms with Crippen molar-refractivity contribution in [1.82, 2.24) is 10.3 Å². The third kappa shape index (κ3) is 5.26. The Morgan fingerprint density at radius 2 is 2.21 bits per heavy atom. The minimum Gasteiger partial charge on any atom is -0.350 e. The molecule has 5 nitrogen and oxygen atoms in total. The number of aromatic nitrogens is 1. The van der Waals surface area contributed by atoms with Gasteiger partial charge in [0.15, 0.2) is 0 Å². The van der Waals surface area contributed by atoms with E-state index in [1.165, 1.54) is 12.8 Å². The van der Waals surface area contributed by atoms with Crippen LogP contribution in [-0.4, -0.2) is 17.4 Å². The highest BCUT2D eigenvalue weighted by Crippen LogP contribution is 2.11. The summed E-state index contributed by atoms with van der Waals surface area (Å²) in [5.74, 6) is 5.67. The number of hydrazine groups is 1. The van der Waals surface area contributed by atoms with Crippen LogP contribution in [0.3, 0.4) is 0 Å². The topological polar surface area (TPSA) is 80.0 Å². The monoisotopic (exact) mass is 264 g/mol. The van der Waals surface area contributed by atoms with Gasteiger partial charge in [-0.3, -0.25) is 10.6 Å². The number of pyridine rings is 1. The first-order valence-electron chi connectivity index (χ1n) is 6.92. The van der Waals surface area contributed by atoms with E-state index in [-0.39, 0.29) is 5.91 Å². The number of hydrogen-bond donors (Lipinski definition) is 3. The Kier molecular flexibility index (Phi) is 6.89. The van der Waals surface area contributed by atoms with Crippen LogP contribution in [-0.2, 0) is 0 Å². The van der Waals surface area contributed by atoms with Gasteiger partial charge in [-0.05, 0) is 24.5 Å². The highest BCUT2D eigenvalue weighted by atomic mass is 16.1. The molecule has 19 heavy (non-hydrogen) atoms. The molecule has 0 aromatic carbocycles. The predicted octanol–water partition coefficient (Wildman–Crippen LogP) is 2.31. The van der Waals surface area contributed by atoms with E-state index in [2.05, 4.69) is 29.6 Å². The van der Waals surface area contributed by atoms with Crippen molar-refractivity contribution in [2.45, 2.75) is 39.5 Å². The van der Waals surface area contributed by atoms with Gasteiger partial charge in [0.2, 0.25) is 0 Å². The zero-order chi connectivity index (χ0) is 14.1. The van der Waals surface area contributed by atoms with E-state index in [0.29, 0.717) is 23.8 Å². The van der Waals surface area contributed by atoms with Crippen molar-refractivity contribution in [3.63, 3.8) is 0 Å². The molecule has 0 aliphatic rings. The van der Waals surface area contributed by atoms with E-state index >= 15 is 0 Å². The normalized spacial score (nSPS) is 11.9. The molecule has 0 aliphatic carbocycles. The Bertz CT molecular complexity index is 378. The second-order valence-electron chi connectivity index (χ2n) is 4.70. The van der Waals surface area contributed by atoms with Crippen LogP contribution in [0.1, 0.15) is 50.0 Å². The molecule has 106 valence electrons. The van der Waals surface area contributed by atoms with Gasteiger partial charge >= 0.3 is 0 Å². The van der Waals surface area contributed by atoms with Gasteiger partial charge in [-0.25, -0.2) is 4.98 Å². The number of amides is 1. The number of nitrogens with one attached hydrogen (secondary N) is 2. The van der Waals surface area contributed by atoms with Crippen LogP contribution in [0.15, 0.2) is 18.3 Å². The molecule has 0 aliphatic heterocycles. The summed E-state index contributed by atoms with van der Waals surface area (Å²) in [7, 11) is 0. The van der Waals surface area contributed by atoms with Crippen LogP contribution in [0, 0.1) is 5.92 Å². The van der Waals surface area contributed by atoms with E-state index in [1.54, 1.807) is 18.3 Å². The van der Waals surface area contributed by atoms with Crippen molar-refractivity contribution < 1.29 is 4.79 Å². The number of unbranched alkanes of at least 4 members (excludes halogenated alkanes) is 1. The summed E-state index contributed by atoms with van der Waals surface area (Å²) in [5.41, 5.74) is 3.59. The molecular formula is C14H24N4O. The molecule has 4 N–H and O–H groups in total. The molecule has 0 spiro atoms. The lowest BCUT2D eigenvalue weighted by molar-refractivity contribution is 0.0941. The average Bonchev–Trinajstić information content (AvgIpc) is 2.47. The Labute approximate surface area is 115 Å². The van der Waals surface area contributed by atoms with Crippen LogP contribution in [0.5, 0.6) is 0 Å². The van der Waals surface area contributed by atoms with E-state index in [9.17, 15) is 4.79 Å². The molecule has 0 fully saturated rings. The maximum Gasteiger partial charge on any atom is 0.269 e. The molecule has 1 heterocycles. The lowest BCUT2D eigenvalue weighted by atomic mass is 9.99. The zero-order valence-corrected chi connectivity index (χ0v) is 11.8. The van der Waals surface area contributed by atoms with Gasteiger partial charge in [-0.2, -0.15) is 0 Å². The first-order valence-corrected chi connectivity index (χ1v) is 6.92. The fraction of sp³-hybridized carbons (Fsp3) is 0.571. The highest BCUT2D eigenvalue weighted by Gasteiger charge is 2.10. The minimum absolute atomic E-state index is 0.126. The van der Waals surface area contributed by atoms with E-state index in [4.69, 9.17) is 5.84 Å². The van der Waals surface area contributed by atoms with Crippen molar-refractivity contribution >= 4 is 11.6 Å². The summed E-state index contributed by atoms with van der Waals surface area (Å²) in [6, 6.07) is 3.40. The summed E-state index contributed by atoms with van der Waals surface area (Å²) < 4.78 is 0. The fourth-order valence-corrected chi connectivity index (χ4v) is 1.88. The van der Waals surface area contributed by atoms with Gasteiger partial charge in [0, 0.05) is 6.54 Å². The van der Waals surface area contributed by atoms with Gasteiger partial charge < -0.3 is 10.7 Å². The van der Waals surface area contributed by atoms with Crippen molar-refractivity contribution in [2.24, 2.45) is 11.8 Å². The number of nitrogens with two attached hydrogens (primary N) is 1. The van der Waals surface area contributed by atoms with Crippen LogP contribution < -0.4 is 16.6 Å². The highest BCUT2D eigenvalue weighted by molar-refractivity contribution is 5.92. The third-order valence-electron chi connectivity index (χ3n) is 3.26. The number of carbonyl (C=O) groups is 1. The molecular weight excluding hydrogens is 240 g/mol. The average molecular weight is 264 g/mol. The first kappa shape index (κ1) is 15.4. The number of rotatable bonds is 8. The van der Waals surface area contributed by atoms with Crippen LogP contribution in [0.2, 0.25) is 0 Å². The second kappa shape index (κ2) is 8.48. The van der Waals surface area contributed by atoms with Crippen molar-refractivity contribution in [2.75, 3.05) is 12.0 Å². The molecule has 5 heteroatoms. The van der Waals surface area contributed by atoms with Gasteiger partial charge in [-0.1, -0.05) is 33.1 Å². The van der Waals surface area contributed by atoms with E-state index in [1.807, 2.05) is 0 Å². The van der Waals surface area contributed by atoms with E-state index < -0.39 is 0 Å². The number of hydrogen-bond acceptors (Lipinski definition) is 4. The zero-order valence-electron chi connectivity index (χ0n) is 11.8. The quantitative estimate of drug-likeness (QED) is 0.497. The van der Waals surface area contributed by atoms with Crippen LogP contribution >= 0.6 is 0 Å². The maximum atomic E-state index is 11.9. The summed E-state index contributed by atoms with van der Waals surface area (Å²) in [4.78, 5) is 16.0. The maximum absolute atomic E-state index is 11.9. The molecule has 1 rings (SSSR count). The van der Waals surface area contributed by atoms with Gasteiger partial charge in [0.1, 0.15) is 5.69 Å². The van der Waals surface area contributed by atoms with E-state index in [0.717, 1.165) is 12.8 Å². The number of anilines is 1.